The van der Waals surface area contributed by atoms with Crippen LogP contribution >= 0.6 is 0 Å². The number of aldehydes is 1. The van der Waals surface area contributed by atoms with E-state index in [-0.39, 0.29) is 18.6 Å². The number of benzene rings is 1. The van der Waals surface area contributed by atoms with E-state index in [9.17, 15) is 14.7 Å². The van der Waals surface area contributed by atoms with Crippen LogP contribution in [0, 0.1) is 5.92 Å². The third-order valence-corrected chi connectivity index (χ3v) is 2.88. The predicted molar refractivity (Wildman–Crippen MR) is 64.5 cm³/mol. The summed E-state index contributed by atoms with van der Waals surface area (Å²) in [6.07, 6.45) is 1.59. The van der Waals surface area contributed by atoms with E-state index in [1.54, 1.807) is 0 Å². The Bertz CT molecular complexity index is 464. The lowest BCUT2D eigenvalue weighted by Crippen LogP contribution is -2.14. The van der Waals surface area contributed by atoms with Crippen molar-refractivity contribution >= 4 is 12.3 Å². The number of carbonyl (C=O) groups is 2. The molecule has 1 aliphatic carbocycles. The standard InChI is InChI=1S/C14H14O4/c15-8-11-6-12(16)7-13(11)14(17)18-9-10-4-2-1-3-5-10/h1-5,7-8,11-12,16H,6,9H2. The average Bonchev–Trinajstić information content (AvgIpc) is 2.78. The van der Waals surface area contributed by atoms with Crippen molar-refractivity contribution in [2.45, 2.75) is 19.1 Å². The van der Waals surface area contributed by atoms with Gasteiger partial charge in [0.1, 0.15) is 12.9 Å². The lowest BCUT2D eigenvalue weighted by atomic mass is 10.0. The van der Waals surface area contributed by atoms with Gasteiger partial charge in [0.15, 0.2) is 0 Å². The second-order valence-electron chi connectivity index (χ2n) is 4.23. The molecule has 1 N–H and O–H groups in total. The van der Waals surface area contributed by atoms with E-state index in [2.05, 4.69) is 0 Å². The monoisotopic (exact) mass is 246 g/mol. The fraction of sp³-hybridized carbons (Fsp3) is 0.286. The first-order valence-corrected chi connectivity index (χ1v) is 5.77. The Morgan fingerprint density at radius 1 is 1.39 bits per heavy atom. The lowest BCUT2D eigenvalue weighted by Gasteiger charge is -2.08. The van der Waals surface area contributed by atoms with Gasteiger partial charge in [0.2, 0.25) is 0 Å². The summed E-state index contributed by atoms with van der Waals surface area (Å²) in [4.78, 5) is 22.6. The van der Waals surface area contributed by atoms with Crippen LogP contribution in [0.4, 0.5) is 0 Å². The van der Waals surface area contributed by atoms with Gasteiger partial charge in [-0.25, -0.2) is 4.79 Å². The van der Waals surface area contributed by atoms with E-state index < -0.39 is 18.0 Å². The van der Waals surface area contributed by atoms with Crippen molar-refractivity contribution in [3.63, 3.8) is 0 Å². The molecular weight excluding hydrogens is 232 g/mol. The van der Waals surface area contributed by atoms with Crippen LogP contribution in [0.15, 0.2) is 42.0 Å². The first kappa shape index (κ1) is 12.5. The van der Waals surface area contributed by atoms with E-state index in [4.69, 9.17) is 4.74 Å². The second kappa shape index (κ2) is 5.60. The number of hydrogen-bond donors (Lipinski definition) is 1. The Morgan fingerprint density at radius 3 is 2.78 bits per heavy atom. The molecule has 0 bridgehead atoms. The molecule has 4 nitrogen and oxygen atoms in total. The van der Waals surface area contributed by atoms with Crippen molar-refractivity contribution in [2.24, 2.45) is 5.92 Å². The highest BCUT2D eigenvalue weighted by molar-refractivity contribution is 5.93. The summed E-state index contributed by atoms with van der Waals surface area (Å²) in [5.74, 6) is -1.09. The fourth-order valence-corrected chi connectivity index (χ4v) is 1.94. The minimum atomic E-state index is -0.737. The Hall–Kier alpha value is -1.94. The largest absolute Gasteiger partial charge is 0.457 e. The Morgan fingerprint density at radius 2 is 2.11 bits per heavy atom. The summed E-state index contributed by atoms with van der Waals surface area (Å²) >= 11 is 0. The fourth-order valence-electron chi connectivity index (χ4n) is 1.94. The highest BCUT2D eigenvalue weighted by Gasteiger charge is 2.30. The molecule has 94 valence electrons. The van der Waals surface area contributed by atoms with Crippen LogP contribution in [0.3, 0.4) is 0 Å². The number of hydrogen-bond acceptors (Lipinski definition) is 4. The normalized spacial score (nSPS) is 22.4. The van der Waals surface area contributed by atoms with E-state index in [1.165, 1.54) is 6.08 Å². The highest BCUT2D eigenvalue weighted by Crippen LogP contribution is 2.25. The van der Waals surface area contributed by atoms with Crippen LogP contribution in [0.25, 0.3) is 0 Å². The minimum Gasteiger partial charge on any atom is -0.457 e. The Balaban J connectivity index is 1.96. The molecule has 18 heavy (non-hydrogen) atoms. The molecule has 0 amide bonds. The number of rotatable bonds is 4. The summed E-state index contributed by atoms with van der Waals surface area (Å²) in [7, 11) is 0. The third-order valence-electron chi connectivity index (χ3n) is 2.88. The van der Waals surface area contributed by atoms with E-state index in [0.29, 0.717) is 6.29 Å². The van der Waals surface area contributed by atoms with Crippen LogP contribution in [-0.2, 0) is 20.9 Å². The number of ether oxygens (including phenoxy) is 1. The Labute approximate surface area is 105 Å². The van der Waals surface area contributed by atoms with Gasteiger partial charge in [-0.2, -0.15) is 0 Å². The maximum Gasteiger partial charge on any atom is 0.334 e. The van der Waals surface area contributed by atoms with Crippen molar-refractivity contribution in [1.29, 1.82) is 0 Å². The van der Waals surface area contributed by atoms with E-state index in [0.717, 1.165) is 5.56 Å². The van der Waals surface area contributed by atoms with Crippen molar-refractivity contribution in [1.82, 2.24) is 0 Å². The smallest absolute Gasteiger partial charge is 0.334 e. The van der Waals surface area contributed by atoms with Crippen LogP contribution in [0.1, 0.15) is 12.0 Å². The van der Waals surface area contributed by atoms with Crippen molar-refractivity contribution < 1.29 is 19.4 Å². The summed E-state index contributed by atoms with van der Waals surface area (Å²) in [6.45, 7) is 0.165. The molecule has 0 heterocycles. The zero-order valence-electron chi connectivity index (χ0n) is 9.78. The zero-order valence-corrected chi connectivity index (χ0v) is 9.78. The molecule has 0 fully saturated rings. The van der Waals surface area contributed by atoms with Gasteiger partial charge in [-0.3, -0.25) is 0 Å². The molecule has 4 heteroatoms. The molecule has 0 aliphatic heterocycles. The molecule has 0 saturated heterocycles. The maximum absolute atomic E-state index is 11.8. The zero-order chi connectivity index (χ0) is 13.0. The summed E-state index contributed by atoms with van der Waals surface area (Å²) in [5.41, 5.74) is 1.14. The maximum atomic E-state index is 11.8. The second-order valence-corrected chi connectivity index (χ2v) is 4.23. The van der Waals surface area contributed by atoms with Gasteiger partial charge < -0.3 is 14.6 Å². The summed E-state index contributed by atoms with van der Waals surface area (Å²) < 4.78 is 5.12. The number of carbonyl (C=O) groups excluding carboxylic acids is 2. The van der Waals surface area contributed by atoms with Crippen LogP contribution < -0.4 is 0 Å². The van der Waals surface area contributed by atoms with Crippen LogP contribution in [-0.4, -0.2) is 23.5 Å². The number of aliphatic hydroxyl groups is 1. The van der Waals surface area contributed by atoms with Gasteiger partial charge >= 0.3 is 5.97 Å². The summed E-state index contributed by atoms with van der Waals surface area (Å²) in [6, 6.07) is 9.29. The molecule has 2 rings (SSSR count). The first-order chi connectivity index (χ1) is 8.70. The number of aliphatic hydroxyl groups excluding tert-OH is 1. The molecule has 0 radical (unpaired) electrons. The quantitative estimate of drug-likeness (QED) is 0.641. The van der Waals surface area contributed by atoms with Crippen LogP contribution in [0.2, 0.25) is 0 Å². The average molecular weight is 246 g/mol. The predicted octanol–water partition coefficient (Wildman–Crippen LogP) is 1.24. The molecule has 0 aromatic heterocycles. The van der Waals surface area contributed by atoms with Crippen LogP contribution in [0.5, 0.6) is 0 Å². The van der Waals surface area contributed by atoms with Gasteiger partial charge in [0.25, 0.3) is 0 Å². The minimum absolute atomic E-state index is 0.165. The summed E-state index contributed by atoms with van der Waals surface area (Å²) in [5, 5.41) is 9.39. The van der Waals surface area contributed by atoms with Crippen molar-refractivity contribution in [3.8, 4) is 0 Å². The highest BCUT2D eigenvalue weighted by atomic mass is 16.5. The van der Waals surface area contributed by atoms with Gasteiger partial charge in [-0.05, 0) is 18.1 Å². The van der Waals surface area contributed by atoms with Gasteiger partial charge in [-0.15, -0.1) is 0 Å². The van der Waals surface area contributed by atoms with Crippen molar-refractivity contribution in [2.75, 3.05) is 0 Å². The molecule has 0 spiro atoms. The SMILES string of the molecule is O=CC1CC(O)C=C1C(=O)OCc1ccccc1. The molecule has 0 saturated carbocycles. The van der Waals surface area contributed by atoms with E-state index >= 15 is 0 Å². The molecule has 2 atom stereocenters. The van der Waals surface area contributed by atoms with Crippen molar-refractivity contribution in [3.05, 3.63) is 47.5 Å². The molecule has 1 aromatic rings. The van der Waals surface area contributed by atoms with Gasteiger partial charge in [0.05, 0.1) is 6.10 Å². The van der Waals surface area contributed by atoms with E-state index in [1.807, 2.05) is 30.3 Å². The third kappa shape index (κ3) is 2.84. The number of esters is 1. The molecule has 1 aliphatic rings. The first-order valence-electron chi connectivity index (χ1n) is 5.77. The van der Waals surface area contributed by atoms with Gasteiger partial charge in [-0.1, -0.05) is 30.3 Å². The molecular formula is C14H14O4. The van der Waals surface area contributed by atoms with Gasteiger partial charge in [0, 0.05) is 11.5 Å². The molecule has 1 aromatic carbocycles. The topological polar surface area (TPSA) is 63.6 Å². The Kier molecular flexibility index (Phi) is 3.89. The molecule has 2 unspecified atom stereocenters. The lowest BCUT2D eigenvalue weighted by molar-refractivity contribution is -0.141.